The number of halogens is 1. The van der Waals surface area contributed by atoms with Crippen LogP contribution in [0.25, 0.3) is 0 Å². The maximum atomic E-state index is 8.21. The molecule has 0 spiro atoms. The van der Waals surface area contributed by atoms with Crippen LogP contribution in [0.2, 0.25) is 0 Å². The van der Waals surface area contributed by atoms with E-state index >= 15 is 0 Å². The topological polar surface area (TPSA) is 35.8 Å². The molecule has 0 atom stereocenters. The Labute approximate surface area is 72.1 Å². The van der Waals surface area contributed by atoms with Crippen LogP contribution in [0.5, 0.6) is 0 Å². The number of hydrogen-bond donors (Lipinski definition) is 1. The average Bonchev–Trinajstić information content (AvgIpc) is 1.94. The molecule has 1 N–H and O–H groups in total. The molecule has 1 aliphatic rings. The third kappa shape index (κ3) is 2.63. The van der Waals surface area contributed by atoms with E-state index in [9.17, 15) is 0 Å². The second-order valence-electron chi connectivity index (χ2n) is 2.14. The van der Waals surface area contributed by atoms with Gasteiger partial charge in [-0.1, -0.05) is 17.3 Å². The van der Waals surface area contributed by atoms with Crippen molar-refractivity contribution in [3.05, 3.63) is 23.9 Å². The van der Waals surface area contributed by atoms with Gasteiger partial charge in [-0.15, -0.1) is 12.4 Å². The Morgan fingerprint density at radius 3 is 3.00 bits per heavy atom. The maximum absolute atomic E-state index is 8.21. The summed E-state index contributed by atoms with van der Waals surface area (Å²) in [6, 6.07) is 0. The maximum Gasteiger partial charge on any atom is 0.0894 e. The van der Waals surface area contributed by atoms with Crippen molar-refractivity contribution in [2.75, 3.05) is 13.6 Å². The van der Waals surface area contributed by atoms with E-state index in [1.54, 1.807) is 0 Å². The van der Waals surface area contributed by atoms with Crippen molar-refractivity contribution in [2.24, 2.45) is 5.16 Å². The van der Waals surface area contributed by atoms with Gasteiger partial charge in [-0.2, -0.15) is 0 Å². The molecule has 0 saturated carbocycles. The van der Waals surface area contributed by atoms with E-state index in [-0.39, 0.29) is 12.4 Å². The van der Waals surface area contributed by atoms with Crippen molar-refractivity contribution in [1.29, 1.82) is 0 Å². The summed E-state index contributed by atoms with van der Waals surface area (Å²) in [6.07, 6.45) is 7.29. The van der Waals surface area contributed by atoms with Gasteiger partial charge in [0, 0.05) is 13.6 Å². The SMILES string of the molecule is CN1CC=CC=C1/C=N\O.Cl. The van der Waals surface area contributed by atoms with Crippen LogP contribution in [0, 0.1) is 0 Å². The van der Waals surface area contributed by atoms with Gasteiger partial charge in [0.15, 0.2) is 0 Å². The van der Waals surface area contributed by atoms with E-state index in [1.807, 2.05) is 30.2 Å². The number of allylic oxidation sites excluding steroid dienone is 3. The zero-order chi connectivity index (χ0) is 7.40. The molecule has 1 heterocycles. The highest BCUT2D eigenvalue weighted by Crippen LogP contribution is 2.03. The van der Waals surface area contributed by atoms with Crippen molar-refractivity contribution in [3.63, 3.8) is 0 Å². The van der Waals surface area contributed by atoms with Gasteiger partial charge >= 0.3 is 0 Å². The predicted molar refractivity (Wildman–Crippen MR) is 47.4 cm³/mol. The molecule has 0 aliphatic carbocycles. The number of hydrogen-bond acceptors (Lipinski definition) is 3. The Morgan fingerprint density at radius 1 is 1.73 bits per heavy atom. The van der Waals surface area contributed by atoms with Crippen molar-refractivity contribution in [3.8, 4) is 0 Å². The molecule has 0 radical (unpaired) electrons. The first-order chi connectivity index (χ1) is 4.84. The van der Waals surface area contributed by atoms with Crippen LogP contribution in [0.3, 0.4) is 0 Å². The zero-order valence-electron chi connectivity index (χ0n) is 6.27. The van der Waals surface area contributed by atoms with Crippen LogP contribution >= 0.6 is 12.4 Å². The Morgan fingerprint density at radius 2 is 2.45 bits per heavy atom. The third-order valence-electron chi connectivity index (χ3n) is 1.41. The molecule has 3 nitrogen and oxygen atoms in total. The Kier molecular flexibility index (Phi) is 4.38. The zero-order valence-corrected chi connectivity index (χ0v) is 7.08. The fourth-order valence-corrected chi connectivity index (χ4v) is 0.819. The summed E-state index contributed by atoms with van der Waals surface area (Å²) in [7, 11) is 1.94. The highest BCUT2D eigenvalue weighted by molar-refractivity contribution is 5.85. The van der Waals surface area contributed by atoms with Crippen LogP contribution in [-0.2, 0) is 0 Å². The first kappa shape index (κ1) is 10.0. The van der Waals surface area contributed by atoms with E-state index in [0.717, 1.165) is 12.2 Å². The van der Waals surface area contributed by atoms with Gasteiger partial charge in [-0.05, 0) is 6.08 Å². The van der Waals surface area contributed by atoms with E-state index in [2.05, 4.69) is 5.16 Å². The quantitative estimate of drug-likeness (QED) is 0.369. The lowest BCUT2D eigenvalue weighted by atomic mass is 10.3. The van der Waals surface area contributed by atoms with Gasteiger partial charge in [-0.3, -0.25) is 0 Å². The summed E-state index contributed by atoms with van der Waals surface area (Å²) in [5, 5.41) is 11.2. The van der Waals surface area contributed by atoms with Gasteiger partial charge in [0.2, 0.25) is 0 Å². The molecule has 0 aromatic carbocycles. The molecule has 0 aromatic rings. The molecule has 1 aliphatic heterocycles. The van der Waals surface area contributed by atoms with Crippen LogP contribution < -0.4 is 0 Å². The predicted octanol–water partition coefficient (Wildman–Crippen LogP) is 1.25. The monoisotopic (exact) mass is 174 g/mol. The summed E-state index contributed by atoms with van der Waals surface area (Å²) >= 11 is 0. The van der Waals surface area contributed by atoms with Gasteiger partial charge < -0.3 is 10.1 Å². The van der Waals surface area contributed by atoms with E-state index in [4.69, 9.17) is 5.21 Å². The van der Waals surface area contributed by atoms with Gasteiger partial charge in [0.1, 0.15) is 0 Å². The minimum atomic E-state index is 0. The highest BCUT2D eigenvalue weighted by atomic mass is 35.5. The van der Waals surface area contributed by atoms with Crippen molar-refractivity contribution >= 4 is 18.6 Å². The van der Waals surface area contributed by atoms with Gasteiger partial charge in [0.25, 0.3) is 0 Å². The number of nitrogens with zero attached hydrogens (tertiary/aromatic N) is 2. The normalized spacial score (nSPS) is 16.5. The average molecular weight is 175 g/mol. The van der Waals surface area contributed by atoms with E-state index < -0.39 is 0 Å². The molecular formula is C7H11ClN2O. The van der Waals surface area contributed by atoms with E-state index in [1.165, 1.54) is 6.21 Å². The molecule has 11 heavy (non-hydrogen) atoms. The summed E-state index contributed by atoms with van der Waals surface area (Å²) in [6.45, 7) is 0.873. The van der Waals surface area contributed by atoms with E-state index in [0.29, 0.717) is 0 Å². The molecule has 0 saturated heterocycles. The second-order valence-corrected chi connectivity index (χ2v) is 2.14. The lowest BCUT2D eigenvalue weighted by molar-refractivity contribution is 0.320. The van der Waals surface area contributed by atoms with Crippen LogP contribution in [0.1, 0.15) is 0 Å². The molecule has 1 rings (SSSR count). The lowest BCUT2D eigenvalue weighted by Gasteiger charge is -2.19. The summed E-state index contributed by atoms with van der Waals surface area (Å²) in [5.41, 5.74) is 0.921. The van der Waals surface area contributed by atoms with Crippen LogP contribution in [0.4, 0.5) is 0 Å². The number of rotatable bonds is 1. The van der Waals surface area contributed by atoms with Crippen LogP contribution in [-0.4, -0.2) is 29.9 Å². The summed E-state index contributed by atoms with van der Waals surface area (Å²) in [5.74, 6) is 0. The smallest absolute Gasteiger partial charge is 0.0894 e. The molecule has 0 unspecified atom stereocenters. The van der Waals surface area contributed by atoms with Crippen LogP contribution in [0.15, 0.2) is 29.1 Å². The Bertz CT molecular complexity index is 199. The van der Waals surface area contributed by atoms with Gasteiger partial charge in [-0.25, -0.2) is 0 Å². The molecule has 62 valence electrons. The summed E-state index contributed by atoms with van der Waals surface area (Å²) < 4.78 is 0. The fraction of sp³-hybridized carbons (Fsp3) is 0.286. The molecule has 0 amide bonds. The minimum absolute atomic E-state index is 0. The van der Waals surface area contributed by atoms with Crippen molar-refractivity contribution in [1.82, 2.24) is 4.90 Å². The van der Waals surface area contributed by atoms with Gasteiger partial charge in [0.05, 0.1) is 11.9 Å². The molecule has 0 bridgehead atoms. The third-order valence-corrected chi connectivity index (χ3v) is 1.41. The standard InChI is InChI=1S/C7H10N2O.ClH/c1-9-5-3-2-4-7(9)6-8-10;/h2-4,6,10H,5H2,1H3;1H/b8-6-;. The largest absolute Gasteiger partial charge is 0.411 e. The lowest BCUT2D eigenvalue weighted by Crippen LogP contribution is -2.20. The molecular weight excluding hydrogens is 164 g/mol. The number of oxime groups is 1. The molecule has 0 aromatic heterocycles. The fourth-order valence-electron chi connectivity index (χ4n) is 0.819. The molecule has 0 fully saturated rings. The Balaban J connectivity index is 0.000001000. The Hall–Kier alpha value is -0.960. The number of likely N-dealkylation sites (N-methyl/N-ethyl adjacent to an activating group) is 1. The molecule has 4 heteroatoms. The highest BCUT2D eigenvalue weighted by Gasteiger charge is 2.01. The van der Waals surface area contributed by atoms with Crippen molar-refractivity contribution < 1.29 is 5.21 Å². The second kappa shape index (κ2) is 4.79. The van der Waals surface area contributed by atoms with Crippen molar-refractivity contribution in [2.45, 2.75) is 0 Å². The summed E-state index contributed by atoms with van der Waals surface area (Å²) in [4.78, 5) is 1.99. The first-order valence-electron chi connectivity index (χ1n) is 3.10. The minimum Gasteiger partial charge on any atom is -0.411 e. The first-order valence-corrected chi connectivity index (χ1v) is 3.10.